The zero-order valence-corrected chi connectivity index (χ0v) is 11.3. The first-order valence-electron chi connectivity index (χ1n) is 4.23. The van der Waals surface area contributed by atoms with Gasteiger partial charge in [-0.15, -0.1) is 0 Å². The molecule has 0 amide bonds. The summed E-state index contributed by atoms with van der Waals surface area (Å²) in [4.78, 5) is 0.0708. The van der Waals surface area contributed by atoms with E-state index in [1.165, 1.54) is 0 Å². The van der Waals surface area contributed by atoms with Crippen molar-refractivity contribution >= 4 is 37.1 Å². The van der Waals surface area contributed by atoms with Crippen molar-refractivity contribution in [2.45, 2.75) is 14.8 Å². The van der Waals surface area contributed by atoms with Gasteiger partial charge < -0.3 is 15.9 Å². The van der Waals surface area contributed by atoms with Crippen LogP contribution in [0.15, 0.2) is 16.0 Å². The van der Waals surface area contributed by atoms with E-state index >= 15 is 0 Å². The van der Waals surface area contributed by atoms with E-state index in [0.29, 0.717) is 12.3 Å². The zero-order valence-electron chi connectivity index (χ0n) is 8.90. The predicted octanol–water partition coefficient (Wildman–Crippen LogP) is -0.939. The van der Waals surface area contributed by atoms with Gasteiger partial charge in [0.15, 0.2) is 26.4 Å². The number of pyridine rings is 1. The molecule has 0 bridgehead atoms. The molecule has 102 valence electrons. The molecule has 1 rings (SSSR count). The SMILES string of the molecule is CS(=O)(=O)c1cc(O)c(N)nc1S(=O)(=O)C(O)Cl. The summed E-state index contributed by atoms with van der Waals surface area (Å²) < 4.78 is 46.0. The Kier molecular flexibility index (Phi) is 3.77. The summed E-state index contributed by atoms with van der Waals surface area (Å²) in [5, 5.41) is 17.2. The van der Waals surface area contributed by atoms with Gasteiger partial charge in [0.1, 0.15) is 4.90 Å². The lowest BCUT2D eigenvalue weighted by Gasteiger charge is -2.10. The number of sulfone groups is 2. The highest BCUT2D eigenvalue weighted by Gasteiger charge is 2.32. The number of alkyl halides is 1. The number of aliphatic hydroxyl groups is 1. The summed E-state index contributed by atoms with van der Waals surface area (Å²) >= 11 is 5.05. The number of nitrogens with two attached hydrogens (primary N) is 1. The van der Waals surface area contributed by atoms with Crippen molar-refractivity contribution in [3.8, 4) is 5.75 Å². The van der Waals surface area contributed by atoms with Gasteiger partial charge in [0, 0.05) is 12.3 Å². The van der Waals surface area contributed by atoms with E-state index in [1.54, 1.807) is 0 Å². The van der Waals surface area contributed by atoms with Gasteiger partial charge in [-0.2, -0.15) is 0 Å². The molecule has 0 saturated heterocycles. The van der Waals surface area contributed by atoms with E-state index in [-0.39, 0.29) is 0 Å². The molecule has 0 saturated carbocycles. The van der Waals surface area contributed by atoms with Crippen LogP contribution >= 0.6 is 11.6 Å². The fourth-order valence-electron chi connectivity index (χ4n) is 1.04. The van der Waals surface area contributed by atoms with Crippen molar-refractivity contribution in [3.63, 3.8) is 0 Å². The van der Waals surface area contributed by atoms with Crippen molar-refractivity contribution in [1.29, 1.82) is 0 Å². The summed E-state index contributed by atoms with van der Waals surface area (Å²) in [6.07, 6.45) is 0.708. The van der Waals surface area contributed by atoms with Gasteiger partial charge in [-0.3, -0.25) is 0 Å². The zero-order chi connectivity index (χ0) is 14.3. The van der Waals surface area contributed by atoms with Crippen LogP contribution in [0.25, 0.3) is 0 Å². The van der Waals surface area contributed by atoms with E-state index < -0.39 is 46.1 Å². The third-order valence-electron chi connectivity index (χ3n) is 1.89. The maximum atomic E-state index is 11.6. The minimum Gasteiger partial charge on any atom is -0.504 e. The molecule has 0 fully saturated rings. The van der Waals surface area contributed by atoms with Crippen molar-refractivity contribution in [3.05, 3.63) is 6.07 Å². The smallest absolute Gasteiger partial charge is 0.238 e. The largest absolute Gasteiger partial charge is 0.504 e. The predicted molar refractivity (Wildman–Crippen MR) is 62.5 cm³/mol. The molecular formula is C7H9ClN2O6S2. The topological polar surface area (TPSA) is 148 Å². The quantitative estimate of drug-likeness (QED) is 0.605. The van der Waals surface area contributed by atoms with Crippen molar-refractivity contribution < 1.29 is 27.0 Å². The third-order valence-corrected chi connectivity index (χ3v) is 5.19. The van der Waals surface area contributed by atoms with Gasteiger partial charge in [0.25, 0.3) is 0 Å². The highest BCUT2D eigenvalue weighted by molar-refractivity contribution is 7.95. The Morgan fingerprint density at radius 1 is 1.39 bits per heavy atom. The van der Waals surface area contributed by atoms with Crippen LogP contribution in [0, 0.1) is 0 Å². The lowest BCUT2D eigenvalue weighted by Crippen LogP contribution is -2.20. The fourth-order valence-corrected chi connectivity index (χ4v) is 3.54. The first-order valence-corrected chi connectivity index (χ1v) is 8.11. The van der Waals surface area contributed by atoms with Crippen LogP contribution < -0.4 is 5.73 Å². The number of nitrogen functional groups attached to an aromatic ring is 1. The average Bonchev–Trinajstić information content (AvgIpc) is 2.19. The minimum absolute atomic E-state index is 0.599. The molecule has 1 aromatic rings. The minimum atomic E-state index is -4.59. The number of rotatable bonds is 3. The number of hydrogen-bond donors (Lipinski definition) is 3. The second-order valence-electron chi connectivity index (χ2n) is 3.31. The molecule has 0 aliphatic rings. The Balaban J connectivity index is 3.80. The first kappa shape index (κ1) is 15.0. The fraction of sp³-hybridized carbons (Fsp3) is 0.286. The van der Waals surface area contributed by atoms with E-state index in [1.807, 2.05) is 0 Å². The molecule has 0 aromatic carbocycles. The van der Waals surface area contributed by atoms with E-state index in [9.17, 15) is 21.9 Å². The van der Waals surface area contributed by atoms with Crippen LogP contribution in [0.5, 0.6) is 5.75 Å². The molecule has 1 aromatic heterocycles. The molecule has 0 radical (unpaired) electrons. The molecule has 1 unspecified atom stereocenters. The Hall–Kier alpha value is -1.10. The van der Waals surface area contributed by atoms with Crippen molar-refractivity contribution in [2.24, 2.45) is 0 Å². The van der Waals surface area contributed by atoms with Crippen LogP contribution in [0.2, 0.25) is 0 Å². The molecule has 8 nitrogen and oxygen atoms in total. The van der Waals surface area contributed by atoms with E-state index in [0.717, 1.165) is 0 Å². The highest BCUT2D eigenvalue weighted by atomic mass is 35.5. The van der Waals surface area contributed by atoms with Gasteiger partial charge in [-0.1, -0.05) is 11.6 Å². The van der Waals surface area contributed by atoms with Gasteiger partial charge in [0.05, 0.1) is 0 Å². The molecule has 18 heavy (non-hydrogen) atoms. The number of hydrogen-bond acceptors (Lipinski definition) is 8. The summed E-state index contributed by atoms with van der Waals surface area (Å²) in [6.45, 7) is 0. The maximum absolute atomic E-state index is 11.6. The highest BCUT2D eigenvalue weighted by Crippen LogP contribution is 2.29. The van der Waals surface area contributed by atoms with Crippen LogP contribution in [0.4, 0.5) is 5.82 Å². The van der Waals surface area contributed by atoms with Gasteiger partial charge >= 0.3 is 0 Å². The Labute approximate surface area is 108 Å². The molecule has 1 heterocycles. The maximum Gasteiger partial charge on any atom is 0.238 e. The van der Waals surface area contributed by atoms with Crippen LogP contribution in [0.3, 0.4) is 0 Å². The molecule has 1 atom stereocenters. The number of aliphatic hydroxyl groups excluding tert-OH is 1. The van der Waals surface area contributed by atoms with Crippen molar-refractivity contribution in [1.82, 2.24) is 4.98 Å². The summed E-state index contributed by atoms with van der Waals surface area (Å²) in [5.41, 5.74) is 5.18. The molecular weight excluding hydrogens is 308 g/mol. The van der Waals surface area contributed by atoms with Gasteiger partial charge in [-0.25, -0.2) is 21.8 Å². The number of aromatic nitrogens is 1. The van der Waals surface area contributed by atoms with E-state index in [2.05, 4.69) is 4.98 Å². The normalized spacial score (nSPS) is 14.4. The van der Waals surface area contributed by atoms with Crippen LogP contribution in [0.1, 0.15) is 0 Å². The van der Waals surface area contributed by atoms with Crippen LogP contribution in [-0.2, 0) is 19.7 Å². The number of halogens is 1. The second kappa shape index (κ2) is 4.53. The molecule has 4 N–H and O–H groups in total. The Bertz CT molecular complexity index is 682. The molecule has 0 aliphatic heterocycles. The van der Waals surface area contributed by atoms with Crippen LogP contribution in [-0.4, -0.2) is 43.2 Å². The first-order chi connectivity index (χ1) is 7.98. The van der Waals surface area contributed by atoms with Gasteiger partial charge in [0.2, 0.25) is 14.7 Å². The third kappa shape index (κ3) is 2.66. The summed E-state index contributed by atoms with van der Waals surface area (Å²) in [5.74, 6) is -1.29. The lowest BCUT2D eigenvalue weighted by molar-refractivity contribution is 0.322. The number of aromatic hydroxyl groups is 1. The Morgan fingerprint density at radius 3 is 2.28 bits per heavy atom. The van der Waals surface area contributed by atoms with E-state index in [4.69, 9.17) is 22.4 Å². The average molecular weight is 317 g/mol. The Morgan fingerprint density at radius 2 is 1.89 bits per heavy atom. The monoisotopic (exact) mass is 316 g/mol. The van der Waals surface area contributed by atoms with Crippen molar-refractivity contribution in [2.75, 3.05) is 12.0 Å². The lowest BCUT2D eigenvalue weighted by atomic mass is 10.4. The molecule has 11 heteroatoms. The molecule has 0 spiro atoms. The number of anilines is 1. The summed E-state index contributed by atoms with van der Waals surface area (Å²) in [6, 6.07) is 0.629. The molecule has 0 aliphatic carbocycles. The standard InChI is InChI=1S/C7H9ClN2O6S2/c1-17(13,14)4-2-3(11)5(9)10-6(4)18(15,16)7(8)12/h2,7,11-12H,1H3,(H2,9,10). The van der Waals surface area contributed by atoms with Gasteiger partial charge in [-0.05, 0) is 0 Å². The summed E-state index contributed by atoms with van der Waals surface area (Å²) in [7, 11) is -8.61. The number of nitrogens with zero attached hydrogens (tertiary/aromatic N) is 1. The second-order valence-corrected chi connectivity index (χ2v) is 7.88.